The average Bonchev–Trinajstić information content (AvgIpc) is 2.39. The quantitative estimate of drug-likeness (QED) is 0.760. The van der Waals surface area contributed by atoms with Gasteiger partial charge in [-0.25, -0.2) is 0 Å². The van der Waals surface area contributed by atoms with Gasteiger partial charge in [-0.3, -0.25) is 0 Å². The van der Waals surface area contributed by atoms with E-state index in [0.29, 0.717) is 0 Å². The fourth-order valence-electron chi connectivity index (χ4n) is 3.35. The molecule has 2 heteroatoms. The minimum atomic E-state index is 0.718. The molecule has 1 fully saturated rings. The maximum Gasteiger partial charge on any atom is 0.0205 e. The summed E-state index contributed by atoms with van der Waals surface area (Å²) in [6, 6.07) is 9.18. The number of benzene rings is 1. The Hall–Kier alpha value is -0.470. The molecule has 0 heterocycles. The smallest absolute Gasteiger partial charge is 0.0205 e. The molecule has 1 aromatic carbocycles. The van der Waals surface area contributed by atoms with Crippen molar-refractivity contribution in [2.75, 3.05) is 6.54 Å². The molecule has 21 heavy (non-hydrogen) atoms. The predicted molar refractivity (Wildman–Crippen MR) is 94.8 cm³/mol. The van der Waals surface area contributed by atoms with E-state index in [9.17, 15) is 0 Å². The Kier molecular flexibility index (Phi) is 6.63. The normalized spacial score (nSPS) is 26.2. The average molecular weight is 306 g/mol. The summed E-state index contributed by atoms with van der Waals surface area (Å²) < 4.78 is 0. The SMILES string of the molecule is CC(C)CNCc1ccc(SC2CC(C)CC(C)C2)cc1. The lowest BCUT2D eigenvalue weighted by Crippen LogP contribution is -2.21. The Bertz CT molecular complexity index is 402. The zero-order chi connectivity index (χ0) is 15.2. The van der Waals surface area contributed by atoms with Crippen LogP contribution in [0.2, 0.25) is 0 Å². The van der Waals surface area contributed by atoms with E-state index in [1.165, 1.54) is 29.7 Å². The van der Waals surface area contributed by atoms with Gasteiger partial charge < -0.3 is 5.32 Å². The van der Waals surface area contributed by atoms with E-state index >= 15 is 0 Å². The van der Waals surface area contributed by atoms with Gasteiger partial charge in [-0.1, -0.05) is 39.8 Å². The van der Waals surface area contributed by atoms with Crippen molar-refractivity contribution >= 4 is 11.8 Å². The van der Waals surface area contributed by atoms with Crippen molar-refractivity contribution in [3.63, 3.8) is 0 Å². The van der Waals surface area contributed by atoms with E-state index in [-0.39, 0.29) is 0 Å². The summed E-state index contributed by atoms with van der Waals surface area (Å²) in [5, 5.41) is 4.32. The zero-order valence-corrected chi connectivity index (χ0v) is 14.9. The molecule has 0 radical (unpaired) electrons. The molecule has 1 N–H and O–H groups in total. The summed E-state index contributed by atoms with van der Waals surface area (Å²) >= 11 is 2.09. The maximum absolute atomic E-state index is 3.51. The summed E-state index contributed by atoms with van der Waals surface area (Å²) in [7, 11) is 0. The largest absolute Gasteiger partial charge is 0.312 e. The first kappa shape index (κ1) is 16.9. The van der Waals surface area contributed by atoms with Crippen molar-refractivity contribution in [2.45, 2.75) is 63.6 Å². The third-order valence-electron chi connectivity index (χ3n) is 4.24. The monoisotopic (exact) mass is 305 g/mol. The topological polar surface area (TPSA) is 12.0 Å². The number of hydrogen-bond donors (Lipinski definition) is 1. The molecule has 0 bridgehead atoms. The van der Waals surface area contributed by atoms with Crippen molar-refractivity contribution in [2.24, 2.45) is 17.8 Å². The molecular weight excluding hydrogens is 274 g/mol. The lowest BCUT2D eigenvalue weighted by atomic mass is 9.83. The second-order valence-corrected chi connectivity index (χ2v) is 8.70. The van der Waals surface area contributed by atoms with Crippen molar-refractivity contribution < 1.29 is 0 Å². The van der Waals surface area contributed by atoms with Crippen LogP contribution >= 0.6 is 11.8 Å². The number of hydrogen-bond acceptors (Lipinski definition) is 2. The van der Waals surface area contributed by atoms with Gasteiger partial charge in [0.05, 0.1) is 0 Å². The molecule has 1 nitrogen and oxygen atoms in total. The fraction of sp³-hybridized carbons (Fsp3) is 0.684. The van der Waals surface area contributed by atoms with Gasteiger partial charge >= 0.3 is 0 Å². The molecule has 2 atom stereocenters. The van der Waals surface area contributed by atoms with Crippen LogP contribution in [0.5, 0.6) is 0 Å². The van der Waals surface area contributed by atoms with Gasteiger partial charge in [-0.2, -0.15) is 0 Å². The molecular formula is C19H31NS. The van der Waals surface area contributed by atoms with Crippen LogP contribution in [0.4, 0.5) is 0 Å². The van der Waals surface area contributed by atoms with E-state index in [1.807, 2.05) is 0 Å². The van der Waals surface area contributed by atoms with Crippen molar-refractivity contribution in [1.29, 1.82) is 0 Å². The Labute approximate surface area is 135 Å². The lowest BCUT2D eigenvalue weighted by Gasteiger charge is -2.31. The van der Waals surface area contributed by atoms with Crippen LogP contribution in [0.25, 0.3) is 0 Å². The summed E-state index contributed by atoms with van der Waals surface area (Å²) in [6.07, 6.45) is 4.18. The van der Waals surface area contributed by atoms with Crippen LogP contribution in [0.1, 0.15) is 52.5 Å². The predicted octanol–water partition coefficient (Wildman–Crippen LogP) is 5.35. The Morgan fingerprint density at radius 3 is 2.24 bits per heavy atom. The molecule has 1 aliphatic carbocycles. The third kappa shape index (κ3) is 6.04. The standard InChI is InChI=1S/C19H31NS/c1-14(2)12-20-13-17-5-7-18(8-6-17)21-19-10-15(3)9-16(4)11-19/h5-8,14-16,19-20H,9-13H2,1-4H3. The van der Waals surface area contributed by atoms with Crippen molar-refractivity contribution in [3.8, 4) is 0 Å². The first-order valence-electron chi connectivity index (χ1n) is 8.49. The van der Waals surface area contributed by atoms with Gasteiger partial charge in [0.1, 0.15) is 0 Å². The van der Waals surface area contributed by atoms with Gasteiger partial charge in [0.15, 0.2) is 0 Å². The van der Waals surface area contributed by atoms with Crippen LogP contribution < -0.4 is 5.32 Å². The Morgan fingerprint density at radius 1 is 1.05 bits per heavy atom. The summed E-state index contributed by atoms with van der Waals surface area (Å²) in [4.78, 5) is 1.44. The number of rotatable bonds is 6. The highest BCUT2D eigenvalue weighted by molar-refractivity contribution is 8.00. The summed E-state index contributed by atoms with van der Waals surface area (Å²) in [5.41, 5.74) is 1.39. The first-order valence-corrected chi connectivity index (χ1v) is 9.37. The molecule has 1 aliphatic rings. The zero-order valence-electron chi connectivity index (χ0n) is 14.1. The number of nitrogens with one attached hydrogen (secondary N) is 1. The molecule has 0 amide bonds. The maximum atomic E-state index is 3.51. The Morgan fingerprint density at radius 2 is 1.67 bits per heavy atom. The molecule has 0 spiro atoms. The lowest BCUT2D eigenvalue weighted by molar-refractivity contribution is 0.309. The summed E-state index contributed by atoms with van der Waals surface area (Å²) in [5.74, 6) is 2.51. The van der Waals surface area contributed by atoms with Crippen LogP contribution in [0.3, 0.4) is 0 Å². The van der Waals surface area contributed by atoms with E-state index in [1.54, 1.807) is 0 Å². The van der Waals surface area contributed by atoms with E-state index in [4.69, 9.17) is 0 Å². The molecule has 0 saturated heterocycles. The van der Waals surface area contributed by atoms with Gasteiger partial charge in [-0.15, -0.1) is 11.8 Å². The van der Waals surface area contributed by atoms with Crippen LogP contribution in [-0.2, 0) is 6.54 Å². The molecule has 2 rings (SSSR count). The molecule has 0 aliphatic heterocycles. The van der Waals surface area contributed by atoms with Gasteiger partial charge in [0, 0.05) is 16.7 Å². The highest BCUT2D eigenvalue weighted by Crippen LogP contribution is 2.38. The van der Waals surface area contributed by atoms with Crippen LogP contribution in [0, 0.1) is 17.8 Å². The highest BCUT2D eigenvalue weighted by Gasteiger charge is 2.24. The second kappa shape index (κ2) is 8.24. The third-order valence-corrected chi connectivity index (χ3v) is 5.51. The van der Waals surface area contributed by atoms with E-state index in [0.717, 1.165) is 36.1 Å². The second-order valence-electron chi connectivity index (χ2n) is 7.33. The highest BCUT2D eigenvalue weighted by atomic mass is 32.2. The molecule has 118 valence electrons. The number of thioether (sulfide) groups is 1. The van der Waals surface area contributed by atoms with E-state index in [2.05, 4.69) is 69.0 Å². The molecule has 2 unspecified atom stereocenters. The van der Waals surface area contributed by atoms with Gasteiger partial charge in [-0.05, 0) is 61.3 Å². The minimum Gasteiger partial charge on any atom is -0.312 e. The van der Waals surface area contributed by atoms with Crippen molar-refractivity contribution in [3.05, 3.63) is 29.8 Å². The van der Waals surface area contributed by atoms with Crippen molar-refractivity contribution in [1.82, 2.24) is 5.32 Å². The van der Waals surface area contributed by atoms with Gasteiger partial charge in [0.25, 0.3) is 0 Å². The van der Waals surface area contributed by atoms with Crippen LogP contribution in [-0.4, -0.2) is 11.8 Å². The minimum absolute atomic E-state index is 0.718. The van der Waals surface area contributed by atoms with Gasteiger partial charge in [0.2, 0.25) is 0 Å². The molecule has 0 aromatic heterocycles. The van der Waals surface area contributed by atoms with E-state index < -0.39 is 0 Å². The summed E-state index contributed by atoms with van der Waals surface area (Å²) in [6.45, 7) is 11.4. The molecule has 1 saturated carbocycles. The fourth-order valence-corrected chi connectivity index (χ4v) is 4.88. The Balaban J connectivity index is 1.81. The van der Waals surface area contributed by atoms with Crippen LogP contribution in [0.15, 0.2) is 29.2 Å². The first-order chi connectivity index (χ1) is 10.0. The molecule has 1 aromatic rings.